The van der Waals surface area contributed by atoms with Crippen molar-refractivity contribution in [2.45, 2.75) is 6.54 Å². The molecule has 1 rings (SSSR count). The van der Waals surface area contributed by atoms with E-state index in [0.717, 1.165) is 17.1 Å². The number of alkyl halides is 1. The summed E-state index contributed by atoms with van der Waals surface area (Å²) in [4.78, 5) is 11.1. The maximum atomic E-state index is 11.1. The second kappa shape index (κ2) is 6.37. The van der Waals surface area contributed by atoms with Crippen LogP contribution in [0.1, 0.15) is 5.56 Å². The number of carbonyl (C=O) groups is 1. The molecule has 1 aromatic rings. The maximum absolute atomic E-state index is 11.1. The fourth-order valence-corrected chi connectivity index (χ4v) is 1.46. The van der Waals surface area contributed by atoms with Gasteiger partial charge in [-0.25, -0.2) is 0 Å². The maximum Gasteiger partial charge on any atom is 0.230 e. The molecule has 1 aromatic carbocycles. The summed E-state index contributed by atoms with van der Waals surface area (Å²) < 4.78 is 10.3. The highest BCUT2D eigenvalue weighted by Crippen LogP contribution is 2.23. The summed E-state index contributed by atoms with van der Waals surface area (Å²) in [6.07, 6.45) is 0. The van der Waals surface area contributed by atoms with Gasteiger partial charge < -0.3 is 14.8 Å². The van der Waals surface area contributed by atoms with Crippen LogP contribution in [-0.2, 0) is 11.3 Å². The predicted molar refractivity (Wildman–Crippen MR) is 65.2 cm³/mol. The van der Waals surface area contributed by atoms with E-state index in [1.54, 1.807) is 14.2 Å². The van der Waals surface area contributed by atoms with Crippen LogP contribution in [0.4, 0.5) is 0 Å². The van der Waals surface area contributed by atoms with Gasteiger partial charge in [0, 0.05) is 12.1 Å². The van der Waals surface area contributed by atoms with E-state index in [1.165, 1.54) is 0 Å². The average molecular weight is 288 g/mol. The molecule has 16 heavy (non-hydrogen) atoms. The van der Waals surface area contributed by atoms with Crippen molar-refractivity contribution >= 4 is 21.8 Å². The van der Waals surface area contributed by atoms with Crippen molar-refractivity contribution in [2.75, 3.05) is 19.5 Å². The summed E-state index contributed by atoms with van der Waals surface area (Å²) in [7, 11) is 3.19. The third kappa shape index (κ3) is 3.41. The topological polar surface area (TPSA) is 47.6 Å². The zero-order chi connectivity index (χ0) is 12.0. The average Bonchev–Trinajstić information content (AvgIpc) is 2.35. The molecule has 0 unspecified atom stereocenters. The fourth-order valence-electron chi connectivity index (χ4n) is 1.26. The molecule has 0 bridgehead atoms. The Hall–Kier alpha value is -1.23. The molecule has 1 amide bonds. The van der Waals surface area contributed by atoms with Gasteiger partial charge >= 0.3 is 0 Å². The number of halogens is 1. The van der Waals surface area contributed by atoms with Gasteiger partial charge in [-0.3, -0.25) is 4.79 Å². The number of nitrogens with one attached hydrogen (secondary N) is 1. The van der Waals surface area contributed by atoms with Gasteiger partial charge in [0.2, 0.25) is 5.91 Å². The Morgan fingerprint density at radius 1 is 1.38 bits per heavy atom. The molecule has 0 saturated carbocycles. The number of methoxy groups -OCH3 is 2. The quantitative estimate of drug-likeness (QED) is 0.839. The summed E-state index contributed by atoms with van der Waals surface area (Å²) in [6.45, 7) is 0.421. The number of ether oxygens (including phenoxy) is 2. The third-order valence-electron chi connectivity index (χ3n) is 2.08. The van der Waals surface area contributed by atoms with Gasteiger partial charge in [-0.2, -0.15) is 0 Å². The molecule has 0 atom stereocenters. The van der Waals surface area contributed by atoms with Crippen LogP contribution in [0, 0.1) is 0 Å². The van der Waals surface area contributed by atoms with Crippen LogP contribution >= 0.6 is 15.9 Å². The van der Waals surface area contributed by atoms with E-state index in [4.69, 9.17) is 9.47 Å². The number of rotatable bonds is 5. The molecule has 0 radical (unpaired) electrons. The first-order valence-electron chi connectivity index (χ1n) is 4.74. The van der Waals surface area contributed by atoms with Crippen LogP contribution in [0.3, 0.4) is 0 Å². The van der Waals surface area contributed by atoms with Gasteiger partial charge in [-0.05, 0) is 18.2 Å². The molecular weight excluding hydrogens is 274 g/mol. The molecule has 5 heteroatoms. The Morgan fingerprint density at radius 2 is 2.12 bits per heavy atom. The molecule has 0 heterocycles. The molecule has 1 N–H and O–H groups in total. The minimum absolute atomic E-state index is 0.0649. The van der Waals surface area contributed by atoms with Crippen molar-refractivity contribution in [1.82, 2.24) is 5.32 Å². The van der Waals surface area contributed by atoms with Gasteiger partial charge in [-0.15, -0.1) is 0 Å². The largest absolute Gasteiger partial charge is 0.497 e. The Morgan fingerprint density at radius 3 is 2.69 bits per heavy atom. The van der Waals surface area contributed by atoms with Crippen molar-refractivity contribution in [2.24, 2.45) is 0 Å². The standard InChI is InChI=1S/C11H14BrNO3/c1-15-9-3-4-10(16-2)8(5-9)7-13-11(14)6-12/h3-5H,6-7H2,1-2H3,(H,13,14). The molecule has 0 spiro atoms. The SMILES string of the molecule is COc1ccc(OC)c(CNC(=O)CBr)c1. The predicted octanol–water partition coefficient (Wildman–Crippen LogP) is 1.71. The first-order chi connectivity index (χ1) is 7.71. The second-order valence-corrected chi connectivity index (χ2v) is 3.65. The van der Waals surface area contributed by atoms with Crippen molar-refractivity contribution in [1.29, 1.82) is 0 Å². The van der Waals surface area contributed by atoms with Crippen molar-refractivity contribution < 1.29 is 14.3 Å². The van der Waals surface area contributed by atoms with Crippen LogP contribution in [-0.4, -0.2) is 25.5 Å². The molecule has 0 saturated heterocycles. The highest BCUT2D eigenvalue weighted by atomic mass is 79.9. The van der Waals surface area contributed by atoms with Gasteiger partial charge in [0.15, 0.2) is 0 Å². The van der Waals surface area contributed by atoms with Crippen LogP contribution < -0.4 is 14.8 Å². The molecule has 0 aliphatic heterocycles. The molecule has 88 valence electrons. The lowest BCUT2D eigenvalue weighted by Crippen LogP contribution is -2.23. The van der Waals surface area contributed by atoms with Crippen LogP contribution in [0.25, 0.3) is 0 Å². The summed E-state index contributed by atoms with van der Waals surface area (Å²) in [5.74, 6) is 1.41. The number of carbonyl (C=O) groups excluding carboxylic acids is 1. The molecule has 0 aromatic heterocycles. The third-order valence-corrected chi connectivity index (χ3v) is 2.59. The molecule has 4 nitrogen and oxygen atoms in total. The van der Waals surface area contributed by atoms with Crippen LogP contribution in [0.2, 0.25) is 0 Å². The molecule has 0 aliphatic carbocycles. The Labute approximate surface area is 103 Å². The number of amides is 1. The van der Waals surface area contributed by atoms with E-state index in [9.17, 15) is 4.79 Å². The van der Waals surface area contributed by atoms with Crippen LogP contribution in [0.5, 0.6) is 11.5 Å². The summed E-state index contributed by atoms with van der Waals surface area (Å²) >= 11 is 3.08. The molecule has 0 fully saturated rings. The van der Waals surface area contributed by atoms with Crippen molar-refractivity contribution in [3.63, 3.8) is 0 Å². The summed E-state index contributed by atoms with van der Waals surface area (Å²) in [6, 6.07) is 5.47. The normalized spacial score (nSPS) is 9.69. The fraction of sp³-hybridized carbons (Fsp3) is 0.364. The van der Waals surface area contributed by atoms with E-state index in [1.807, 2.05) is 18.2 Å². The Balaban J connectivity index is 2.78. The van der Waals surface area contributed by atoms with Crippen molar-refractivity contribution in [3.05, 3.63) is 23.8 Å². The minimum atomic E-state index is -0.0649. The lowest BCUT2D eigenvalue weighted by Gasteiger charge is -2.10. The van der Waals surface area contributed by atoms with Gasteiger partial charge in [0.25, 0.3) is 0 Å². The smallest absolute Gasteiger partial charge is 0.230 e. The number of hydrogen-bond donors (Lipinski definition) is 1. The highest BCUT2D eigenvalue weighted by molar-refractivity contribution is 9.09. The Bertz CT molecular complexity index is 368. The van der Waals surface area contributed by atoms with E-state index < -0.39 is 0 Å². The zero-order valence-corrected chi connectivity index (χ0v) is 10.8. The highest BCUT2D eigenvalue weighted by Gasteiger charge is 2.06. The molecule has 0 aliphatic rings. The lowest BCUT2D eigenvalue weighted by molar-refractivity contribution is -0.118. The van der Waals surface area contributed by atoms with Crippen LogP contribution in [0.15, 0.2) is 18.2 Å². The monoisotopic (exact) mass is 287 g/mol. The van der Waals surface area contributed by atoms with Gasteiger partial charge in [-0.1, -0.05) is 15.9 Å². The first kappa shape index (κ1) is 12.8. The van der Waals surface area contributed by atoms with E-state index in [0.29, 0.717) is 11.9 Å². The number of benzene rings is 1. The van der Waals surface area contributed by atoms with E-state index >= 15 is 0 Å². The number of hydrogen-bond acceptors (Lipinski definition) is 3. The summed E-state index contributed by atoms with van der Waals surface area (Å²) in [5, 5.41) is 3.04. The lowest BCUT2D eigenvalue weighted by atomic mass is 10.2. The summed E-state index contributed by atoms with van der Waals surface area (Å²) in [5.41, 5.74) is 0.885. The molecular formula is C11H14BrNO3. The Kier molecular flexibility index (Phi) is 5.11. The van der Waals surface area contributed by atoms with Gasteiger partial charge in [0.1, 0.15) is 11.5 Å². The first-order valence-corrected chi connectivity index (χ1v) is 5.87. The van der Waals surface area contributed by atoms with Gasteiger partial charge in [0.05, 0.1) is 19.5 Å². The second-order valence-electron chi connectivity index (χ2n) is 3.09. The zero-order valence-electron chi connectivity index (χ0n) is 9.25. The van der Waals surface area contributed by atoms with E-state index in [-0.39, 0.29) is 5.91 Å². The minimum Gasteiger partial charge on any atom is -0.497 e. The van der Waals surface area contributed by atoms with Crippen molar-refractivity contribution in [3.8, 4) is 11.5 Å². The van der Waals surface area contributed by atoms with E-state index in [2.05, 4.69) is 21.2 Å².